The lowest BCUT2D eigenvalue weighted by molar-refractivity contribution is -0.208. The van der Waals surface area contributed by atoms with E-state index in [0.29, 0.717) is 0 Å². The fourth-order valence-electron chi connectivity index (χ4n) is 4.30. The van der Waals surface area contributed by atoms with Crippen molar-refractivity contribution in [2.45, 2.75) is 24.3 Å². The number of carbonyl (C=O) groups is 3. The first kappa shape index (κ1) is 28.2. The number of rotatable bonds is 8. The first-order valence-corrected chi connectivity index (χ1v) is 12.7. The number of benzene rings is 3. The van der Waals surface area contributed by atoms with Crippen molar-refractivity contribution < 1.29 is 37.7 Å². The standard InChI is InChI=1S/C30H24FN3O8/c31-30(18-39-26(35)19-10-4-1-5-11-19)24(41-28(37)21-14-8-3-9-15-21)23(40-27(36)20-12-6-2-7-13-20)25(42-30)34-17-16-22(32)33-29(34)38/h1-17,23-25H,18H2,(H2,32,33,38)/t23-,24+,25-,30-/m1/s1. The molecule has 0 bridgehead atoms. The first-order chi connectivity index (χ1) is 20.2. The molecule has 0 radical (unpaired) electrons. The second kappa shape index (κ2) is 12.0. The minimum absolute atomic E-state index is 0.0593. The third-order valence-electron chi connectivity index (χ3n) is 6.35. The Morgan fingerprint density at radius 2 is 1.31 bits per heavy atom. The number of nitrogens with zero attached hydrogens (tertiary/aromatic N) is 2. The molecule has 1 fully saturated rings. The number of nitrogens with two attached hydrogens (primary N) is 1. The van der Waals surface area contributed by atoms with Crippen LogP contribution in [0.1, 0.15) is 37.3 Å². The number of aromatic nitrogens is 2. The van der Waals surface area contributed by atoms with E-state index in [0.717, 1.165) is 10.8 Å². The van der Waals surface area contributed by atoms with Crippen LogP contribution < -0.4 is 11.4 Å². The summed E-state index contributed by atoms with van der Waals surface area (Å²) in [5.41, 5.74) is 4.93. The predicted octanol–water partition coefficient (Wildman–Crippen LogP) is 3.33. The molecule has 5 rings (SSSR count). The maximum absolute atomic E-state index is 16.9. The molecule has 214 valence electrons. The Bertz CT molecular complexity index is 1630. The zero-order valence-electron chi connectivity index (χ0n) is 21.9. The van der Waals surface area contributed by atoms with Crippen LogP contribution in [0.15, 0.2) is 108 Å². The summed E-state index contributed by atoms with van der Waals surface area (Å²) < 4.78 is 39.7. The van der Waals surface area contributed by atoms with Gasteiger partial charge >= 0.3 is 23.6 Å². The second-order valence-corrected chi connectivity index (χ2v) is 9.21. The van der Waals surface area contributed by atoms with E-state index in [-0.39, 0.29) is 22.5 Å². The average molecular weight is 574 g/mol. The van der Waals surface area contributed by atoms with Crippen LogP contribution in [0.3, 0.4) is 0 Å². The zero-order chi connectivity index (χ0) is 29.7. The molecule has 1 aromatic heterocycles. The largest absolute Gasteiger partial charge is 0.456 e. The lowest BCUT2D eigenvalue weighted by Crippen LogP contribution is -2.48. The molecule has 0 unspecified atom stereocenters. The van der Waals surface area contributed by atoms with Crippen LogP contribution in [0.25, 0.3) is 0 Å². The van der Waals surface area contributed by atoms with Gasteiger partial charge in [-0.15, -0.1) is 0 Å². The molecule has 1 aliphatic heterocycles. The van der Waals surface area contributed by atoms with Gasteiger partial charge in [-0.3, -0.25) is 4.57 Å². The minimum Gasteiger partial charge on any atom is -0.456 e. The van der Waals surface area contributed by atoms with E-state index in [1.807, 2.05) is 0 Å². The lowest BCUT2D eigenvalue weighted by atomic mass is 10.1. The van der Waals surface area contributed by atoms with Crippen LogP contribution in [0.5, 0.6) is 0 Å². The number of hydrogen-bond acceptors (Lipinski definition) is 10. The number of alkyl halides is 1. The molecule has 2 heterocycles. The third kappa shape index (κ3) is 6.03. The lowest BCUT2D eigenvalue weighted by Gasteiger charge is -2.27. The van der Waals surface area contributed by atoms with Crippen LogP contribution in [0, 0.1) is 0 Å². The quantitative estimate of drug-likeness (QED) is 0.246. The predicted molar refractivity (Wildman–Crippen MR) is 145 cm³/mol. The van der Waals surface area contributed by atoms with Crippen molar-refractivity contribution in [3.8, 4) is 0 Å². The summed E-state index contributed by atoms with van der Waals surface area (Å²) in [7, 11) is 0. The van der Waals surface area contributed by atoms with E-state index < -0.39 is 54.5 Å². The van der Waals surface area contributed by atoms with Crippen LogP contribution >= 0.6 is 0 Å². The number of hydrogen-bond donors (Lipinski definition) is 1. The van der Waals surface area contributed by atoms with E-state index in [1.165, 1.54) is 42.5 Å². The Hall–Kier alpha value is -5.36. The highest BCUT2D eigenvalue weighted by molar-refractivity contribution is 5.91. The smallest absolute Gasteiger partial charge is 0.351 e. The average Bonchev–Trinajstić information content (AvgIpc) is 3.27. The van der Waals surface area contributed by atoms with Crippen LogP contribution in [-0.2, 0) is 18.9 Å². The Morgan fingerprint density at radius 1 is 0.810 bits per heavy atom. The topological polar surface area (TPSA) is 149 Å². The van der Waals surface area contributed by atoms with Gasteiger partial charge in [0.15, 0.2) is 18.9 Å². The van der Waals surface area contributed by atoms with Gasteiger partial charge < -0.3 is 24.7 Å². The summed E-state index contributed by atoms with van der Waals surface area (Å²) in [5, 5.41) is 0. The summed E-state index contributed by atoms with van der Waals surface area (Å²) in [5.74, 6) is -6.00. The zero-order valence-corrected chi connectivity index (χ0v) is 21.9. The maximum Gasteiger partial charge on any atom is 0.351 e. The molecule has 0 spiro atoms. The molecule has 4 atom stereocenters. The highest BCUT2D eigenvalue weighted by Gasteiger charge is 2.62. The molecule has 11 nitrogen and oxygen atoms in total. The van der Waals surface area contributed by atoms with Crippen molar-refractivity contribution in [3.05, 3.63) is 130 Å². The SMILES string of the molecule is Nc1ccn([C@@H]2O[C@](F)(COC(=O)c3ccccc3)[C@@H](OC(=O)c3ccccc3)[C@H]2OC(=O)c2ccccc2)c(=O)n1. The molecule has 4 aromatic rings. The van der Waals surface area contributed by atoms with E-state index in [2.05, 4.69) is 4.98 Å². The van der Waals surface area contributed by atoms with Gasteiger partial charge in [0.2, 0.25) is 6.10 Å². The van der Waals surface area contributed by atoms with E-state index >= 15 is 4.39 Å². The van der Waals surface area contributed by atoms with Gasteiger partial charge in [0.25, 0.3) is 5.85 Å². The van der Waals surface area contributed by atoms with Gasteiger partial charge in [0, 0.05) is 6.20 Å². The summed E-state index contributed by atoms with van der Waals surface area (Å²) in [6.07, 6.45) is -4.28. The number of halogens is 1. The number of nitrogen functional groups attached to an aromatic ring is 1. The molecule has 2 N–H and O–H groups in total. The van der Waals surface area contributed by atoms with Crippen molar-refractivity contribution in [2.75, 3.05) is 12.3 Å². The summed E-state index contributed by atoms with van der Waals surface area (Å²) in [6.45, 7) is -1.08. The molecule has 3 aromatic carbocycles. The number of carbonyl (C=O) groups excluding carboxylic acids is 3. The monoisotopic (exact) mass is 573 g/mol. The number of ether oxygens (including phenoxy) is 4. The molecule has 12 heteroatoms. The Labute approximate surface area is 238 Å². The Morgan fingerprint density at radius 3 is 1.83 bits per heavy atom. The van der Waals surface area contributed by atoms with Crippen molar-refractivity contribution in [3.63, 3.8) is 0 Å². The van der Waals surface area contributed by atoms with Crippen LogP contribution in [0.2, 0.25) is 0 Å². The van der Waals surface area contributed by atoms with Crippen LogP contribution in [-0.4, -0.2) is 52.1 Å². The molecule has 0 amide bonds. The maximum atomic E-state index is 16.9. The molecule has 42 heavy (non-hydrogen) atoms. The molecule has 0 saturated carbocycles. The molecule has 1 aliphatic rings. The summed E-state index contributed by atoms with van der Waals surface area (Å²) in [4.78, 5) is 55.3. The van der Waals surface area contributed by atoms with Crippen molar-refractivity contribution in [2.24, 2.45) is 0 Å². The van der Waals surface area contributed by atoms with Crippen LogP contribution in [0.4, 0.5) is 10.2 Å². The summed E-state index contributed by atoms with van der Waals surface area (Å²) in [6, 6.07) is 24.5. The third-order valence-corrected chi connectivity index (χ3v) is 6.35. The van der Waals surface area contributed by atoms with Gasteiger partial charge in [-0.1, -0.05) is 54.6 Å². The van der Waals surface area contributed by atoms with Gasteiger partial charge in [0.1, 0.15) is 5.82 Å². The minimum atomic E-state index is -3.08. The number of esters is 3. The number of anilines is 1. The molecular formula is C30H24FN3O8. The second-order valence-electron chi connectivity index (χ2n) is 9.21. The molecule has 0 aliphatic carbocycles. The van der Waals surface area contributed by atoms with Crippen molar-refractivity contribution >= 4 is 23.7 Å². The van der Waals surface area contributed by atoms with Gasteiger partial charge in [-0.25, -0.2) is 23.6 Å². The summed E-state index contributed by atoms with van der Waals surface area (Å²) >= 11 is 0. The Kier molecular flexibility index (Phi) is 8.07. The molecule has 1 saturated heterocycles. The molecular weight excluding hydrogens is 549 g/mol. The first-order valence-electron chi connectivity index (χ1n) is 12.7. The van der Waals surface area contributed by atoms with E-state index in [4.69, 9.17) is 24.7 Å². The van der Waals surface area contributed by atoms with Gasteiger partial charge in [-0.2, -0.15) is 4.98 Å². The Balaban J connectivity index is 1.54. The highest BCUT2D eigenvalue weighted by Crippen LogP contribution is 2.42. The van der Waals surface area contributed by atoms with Crippen molar-refractivity contribution in [1.82, 2.24) is 9.55 Å². The normalized spacial score (nSPS) is 21.3. The fraction of sp³-hybridized carbons (Fsp3) is 0.167. The highest BCUT2D eigenvalue weighted by atomic mass is 19.2. The fourth-order valence-corrected chi connectivity index (χ4v) is 4.30. The van der Waals surface area contributed by atoms with Crippen molar-refractivity contribution in [1.29, 1.82) is 0 Å². The van der Waals surface area contributed by atoms with Gasteiger partial charge in [-0.05, 0) is 42.5 Å². The van der Waals surface area contributed by atoms with E-state index in [1.54, 1.807) is 54.6 Å². The van der Waals surface area contributed by atoms with Gasteiger partial charge in [0.05, 0.1) is 16.7 Å². The van der Waals surface area contributed by atoms with E-state index in [9.17, 15) is 19.2 Å².